The van der Waals surface area contributed by atoms with E-state index in [9.17, 15) is 9.18 Å². The quantitative estimate of drug-likeness (QED) is 0.765. The van der Waals surface area contributed by atoms with Gasteiger partial charge < -0.3 is 9.64 Å². The minimum atomic E-state index is -0.415. The van der Waals surface area contributed by atoms with Gasteiger partial charge in [0, 0.05) is 11.9 Å². The summed E-state index contributed by atoms with van der Waals surface area (Å²) >= 11 is 4.99. The molecule has 2 rings (SSSR count). The number of benzene rings is 1. The van der Waals surface area contributed by atoms with E-state index in [-0.39, 0.29) is 24.7 Å². The fourth-order valence-electron chi connectivity index (χ4n) is 1.76. The number of nitrogens with zero attached hydrogens (tertiary/aromatic N) is 1. The van der Waals surface area contributed by atoms with Crippen molar-refractivity contribution in [3.8, 4) is 5.75 Å². The molecule has 0 unspecified atom stereocenters. The molecule has 0 aliphatic carbocycles. The molecule has 0 N–H and O–H groups in total. The normalized spacial score (nSPS) is 10.4. The van der Waals surface area contributed by atoms with Gasteiger partial charge >= 0.3 is 0 Å². The highest BCUT2D eigenvalue weighted by atomic mass is 79.9. The molecule has 2 aromatic rings. The van der Waals surface area contributed by atoms with Crippen molar-refractivity contribution in [1.29, 1.82) is 0 Å². The van der Waals surface area contributed by atoms with Gasteiger partial charge in [-0.3, -0.25) is 4.79 Å². The lowest BCUT2D eigenvalue weighted by molar-refractivity contribution is -0.130. The third-order valence-electron chi connectivity index (χ3n) is 2.86. The highest BCUT2D eigenvalue weighted by Crippen LogP contribution is 2.23. The first-order chi connectivity index (χ1) is 10.1. The molecular weight excluding hydrogens is 357 g/mol. The first-order valence-corrected chi connectivity index (χ1v) is 8.02. The van der Waals surface area contributed by atoms with Crippen molar-refractivity contribution in [2.24, 2.45) is 0 Å². The molecule has 112 valence electrons. The molecule has 1 amide bonds. The summed E-state index contributed by atoms with van der Waals surface area (Å²) in [6.07, 6.45) is 0.220. The summed E-state index contributed by atoms with van der Waals surface area (Å²) < 4.78 is 19.7. The van der Waals surface area contributed by atoms with Crippen LogP contribution in [0.5, 0.6) is 5.75 Å². The molecule has 1 heterocycles. The third-order valence-corrected chi connectivity index (χ3v) is 4.47. The topological polar surface area (TPSA) is 29.5 Å². The smallest absolute Gasteiger partial charge is 0.226 e. The SMILES string of the molecule is CN(Cc1ccc(Br)s1)C(=O)CCOc1ccccc1F. The minimum Gasteiger partial charge on any atom is -0.490 e. The molecule has 6 heteroatoms. The summed E-state index contributed by atoms with van der Waals surface area (Å²) in [7, 11) is 1.75. The average molecular weight is 372 g/mol. The number of halogens is 2. The van der Waals surface area contributed by atoms with Gasteiger partial charge in [0.05, 0.1) is 23.4 Å². The van der Waals surface area contributed by atoms with Crippen LogP contribution in [0.3, 0.4) is 0 Å². The van der Waals surface area contributed by atoms with Gasteiger partial charge in [-0.2, -0.15) is 0 Å². The Labute approximate surface area is 135 Å². The van der Waals surface area contributed by atoms with Crippen molar-refractivity contribution in [3.63, 3.8) is 0 Å². The van der Waals surface area contributed by atoms with E-state index >= 15 is 0 Å². The van der Waals surface area contributed by atoms with Crippen LogP contribution in [-0.4, -0.2) is 24.5 Å². The van der Waals surface area contributed by atoms with Crippen LogP contribution in [0.2, 0.25) is 0 Å². The van der Waals surface area contributed by atoms with Crippen molar-refractivity contribution in [1.82, 2.24) is 4.90 Å². The lowest BCUT2D eigenvalue weighted by Gasteiger charge is -2.16. The number of amides is 1. The van der Waals surface area contributed by atoms with Gasteiger partial charge in [-0.1, -0.05) is 12.1 Å². The van der Waals surface area contributed by atoms with Gasteiger partial charge in [-0.15, -0.1) is 11.3 Å². The van der Waals surface area contributed by atoms with E-state index in [0.29, 0.717) is 6.54 Å². The maximum atomic E-state index is 13.3. The Bertz CT molecular complexity index is 617. The lowest BCUT2D eigenvalue weighted by atomic mass is 10.3. The number of para-hydroxylation sites is 1. The Morgan fingerprint density at radius 2 is 2.10 bits per heavy atom. The Hall–Kier alpha value is -1.40. The fraction of sp³-hybridized carbons (Fsp3) is 0.267. The summed E-state index contributed by atoms with van der Waals surface area (Å²) in [6, 6.07) is 10.1. The molecule has 0 spiro atoms. The van der Waals surface area contributed by atoms with Gasteiger partial charge in [0.15, 0.2) is 11.6 Å². The summed E-state index contributed by atoms with van der Waals surface area (Å²) in [5, 5.41) is 0. The maximum absolute atomic E-state index is 13.3. The Morgan fingerprint density at radius 1 is 1.33 bits per heavy atom. The van der Waals surface area contributed by atoms with Gasteiger partial charge in [0.25, 0.3) is 0 Å². The van der Waals surface area contributed by atoms with E-state index in [4.69, 9.17) is 4.74 Å². The molecule has 0 saturated carbocycles. The van der Waals surface area contributed by atoms with E-state index in [1.807, 2.05) is 12.1 Å². The van der Waals surface area contributed by atoms with Gasteiger partial charge in [0.2, 0.25) is 5.91 Å². The largest absolute Gasteiger partial charge is 0.490 e. The lowest BCUT2D eigenvalue weighted by Crippen LogP contribution is -2.27. The van der Waals surface area contributed by atoms with E-state index in [1.54, 1.807) is 41.5 Å². The number of hydrogen-bond acceptors (Lipinski definition) is 3. The first-order valence-electron chi connectivity index (χ1n) is 6.42. The standard InChI is InChI=1S/C15H15BrFNO2S/c1-18(10-11-6-7-14(16)21-11)15(19)8-9-20-13-5-3-2-4-12(13)17/h2-7H,8-10H2,1H3. The van der Waals surface area contributed by atoms with Crippen molar-refractivity contribution in [2.75, 3.05) is 13.7 Å². The van der Waals surface area contributed by atoms with Crippen LogP contribution in [0.1, 0.15) is 11.3 Å². The number of hydrogen-bond donors (Lipinski definition) is 0. The minimum absolute atomic E-state index is 0.0316. The van der Waals surface area contributed by atoms with Crippen molar-refractivity contribution in [2.45, 2.75) is 13.0 Å². The summed E-state index contributed by atoms with van der Waals surface area (Å²) in [6.45, 7) is 0.729. The Balaban J connectivity index is 1.77. The second-order valence-corrected chi connectivity index (χ2v) is 7.03. The molecule has 0 radical (unpaired) electrons. The van der Waals surface area contributed by atoms with E-state index in [0.717, 1.165) is 8.66 Å². The van der Waals surface area contributed by atoms with Crippen LogP contribution >= 0.6 is 27.3 Å². The van der Waals surface area contributed by atoms with Gasteiger partial charge in [-0.25, -0.2) is 4.39 Å². The van der Waals surface area contributed by atoms with Crippen molar-refractivity contribution in [3.05, 3.63) is 50.9 Å². The second-order valence-electron chi connectivity index (χ2n) is 4.48. The monoisotopic (exact) mass is 371 g/mol. The fourth-order valence-corrected chi connectivity index (χ4v) is 3.30. The van der Waals surface area contributed by atoms with Gasteiger partial charge in [0.1, 0.15) is 0 Å². The number of carbonyl (C=O) groups excluding carboxylic acids is 1. The Kier molecular flexibility index (Phi) is 5.76. The van der Waals surface area contributed by atoms with Gasteiger partial charge in [-0.05, 0) is 40.2 Å². The first kappa shape index (κ1) is 16.0. The molecule has 1 aromatic heterocycles. The molecular formula is C15H15BrFNO2S. The molecule has 0 saturated heterocycles. The second kappa shape index (κ2) is 7.56. The number of rotatable bonds is 6. The molecule has 1 aromatic carbocycles. The summed E-state index contributed by atoms with van der Waals surface area (Å²) in [5.41, 5.74) is 0. The van der Waals surface area contributed by atoms with E-state index in [2.05, 4.69) is 15.9 Å². The molecule has 21 heavy (non-hydrogen) atoms. The highest BCUT2D eigenvalue weighted by Gasteiger charge is 2.11. The van der Waals surface area contributed by atoms with Crippen LogP contribution in [0.25, 0.3) is 0 Å². The van der Waals surface area contributed by atoms with Crippen molar-refractivity contribution >= 4 is 33.2 Å². The number of thiophene rings is 1. The van der Waals surface area contributed by atoms with E-state index < -0.39 is 5.82 Å². The number of ether oxygens (including phenoxy) is 1. The summed E-state index contributed by atoms with van der Waals surface area (Å²) in [4.78, 5) is 14.7. The highest BCUT2D eigenvalue weighted by molar-refractivity contribution is 9.11. The molecule has 0 aliphatic heterocycles. The predicted octanol–water partition coefficient (Wildman–Crippen LogP) is 4.08. The molecule has 0 atom stereocenters. The Morgan fingerprint density at radius 3 is 2.76 bits per heavy atom. The van der Waals surface area contributed by atoms with Crippen LogP contribution in [0.15, 0.2) is 40.2 Å². The van der Waals surface area contributed by atoms with Crippen LogP contribution in [0, 0.1) is 5.82 Å². The molecule has 0 bridgehead atoms. The zero-order valence-electron chi connectivity index (χ0n) is 11.5. The summed E-state index contributed by atoms with van der Waals surface area (Å²) in [5.74, 6) is -0.271. The maximum Gasteiger partial charge on any atom is 0.226 e. The zero-order valence-corrected chi connectivity index (χ0v) is 13.9. The van der Waals surface area contributed by atoms with Crippen LogP contribution < -0.4 is 4.74 Å². The average Bonchev–Trinajstić information content (AvgIpc) is 2.86. The molecule has 0 aliphatic rings. The number of carbonyl (C=O) groups is 1. The molecule has 0 fully saturated rings. The van der Waals surface area contributed by atoms with Crippen LogP contribution in [-0.2, 0) is 11.3 Å². The molecule has 3 nitrogen and oxygen atoms in total. The predicted molar refractivity (Wildman–Crippen MR) is 85.0 cm³/mol. The third kappa shape index (κ3) is 4.82. The van der Waals surface area contributed by atoms with E-state index in [1.165, 1.54) is 6.07 Å². The van der Waals surface area contributed by atoms with Crippen molar-refractivity contribution < 1.29 is 13.9 Å². The van der Waals surface area contributed by atoms with Crippen LogP contribution in [0.4, 0.5) is 4.39 Å². The zero-order chi connectivity index (χ0) is 15.2.